The molecule has 0 saturated carbocycles. The van der Waals surface area contributed by atoms with E-state index in [1.54, 1.807) is 12.1 Å². The van der Waals surface area contributed by atoms with Crippen LogP contribution in [-0.2, 0) is 9.47 Å². The molecular weight excluding hydrogens is 566 g/mol. The second-order valence-corrected chi connectivity index (χ2v) is 17.7. The van der Waals surface area contributed by atoms with Gasteiger partial charge in [0.15, 0.2) is 14.5 Å². The minimum absolute atomic E-state index is 0.106. The summed E-state index contributed by atoms with van der Waals surface area (Å²) in [6.45, 7) is 14.3. The Labute approximate surface area is 234 Å². The highest BCUT2D eigenvalue weighted by Gasteiger charge is 2.46. The highest BCUT2D eigenvalue weighted by atomic mass is 79.9. The molecule has 1 fully saturated rings. The number of fused-ring (bicyclic) bond motifs is 1. The van der Waals surface area contributed by atoms with Crippen LogP contribution in [0.15, 0.2) is 41.0 Å². The van der Waals surface area contributed by atoms with E-state index < -0.39 is 32.3 Å². The van der Waals surface area contributed by atoms with Crippen LogP contribution in [0.4, 0.5) is 8.78 Å². The molecule has 2 unspecified atom stereocenters. The van der Waals surface area contributed by atoms with Gasteiger partial charge in [-0.2, -0.15) is 5.26 Å². The monoisotopic (exact) mass is 602 g/mol. The molecule has 4 rings (SSSR count). The lowest BCUT2D eigenvalue weighted by Gasteiger charge is -2.44. The topological polar surface area (TPSA) is 47.2 Å². The lowest BCUT2D eigenvalue weighted by molar-refractivity contribution is -0.182. The molecule has 0 radical (unpaired) electrons. The molecule has 4 nitrogen and oxygen atoms in total. The number of aromatic nitrogens is 1. The van der Waals surface area contributed by atoms with Gasteiger partial charge in [0.2, 0.25) is 0 Å². The molecule has 0 amide bonds. The van der Waals surface area contributed by atoms with E-state index in [1.807, 2.05) is 6.07 Å². The summed E-state index contributed by atoms with van der Waals surface area (Å²) in [5.74, 6) is -1.03. The van der Waals surface area contributed by atoms with E-state index in [1.165, 1.54) is 12.1 Å². The molecule has 38 heavy (non-hydrogen) atoms. The number of hydrogen-bond donors (Lipinski definition) is 0. The van der Waals surface area contributed by atoms with Gasteiger partial charge in [0, 0.05) is 27.5 Å². The van der Waals surface area contributed by atoms with Gasteiger partial charge in [-0.25, -0.2) is 8.78 Å². The van der Waals surface area contributed by atoms with E-state index in [-0.39, 0.29) is 5.56 Å². The van der Waals surface area contributed by atoms with E-state index in [0.29, 0.717) is 45.3 Å². The van der Waals surface area contributed by atoms with Crippen molar-refractivity contribution in [2.45, 2.75) is 89.8 Å². The third-order valence-electron chi connectivity index (χ3n) is 8.21. The first kappa shape index (κ1) is 28.9. The molecule has 1 aromatic heterocycles. The van der Waals surface area contributed by atoms with E-state index in [9.17, 15) is 9.65 Å². The number of ether oxygens (including phenoxy) is 2. The van der Waals surface area contributed by atoms with Crippen molar-refractivity contribution in [3.63, 3.8) is 0 Å². The summed E-state index contributed by atoms with van der Waals surface area (Å²) in [7, 11) is -2.12. The van der Waals surface area contributed by atoms with Crippen molar-refractivity contribution in [3.8, 4) is 6.07 Å². The number of halogens is 3. The van der Waals surface area contributed by atoms with E-state index >= 15 is 4.39 Å². The summed E-state index contributed by atoms with van der Waals surface area (Å²) >= 11 is 3.74. The second kappa shape index (κ2) is 11.6. The second-order valence-electron chi connectivity index (χ2n) is 11.2. The Morgan fingerprint density at radius 2 is 1.71 bits per heavy atom. The summed E-state index contributed by atoms with van der Waals surface area (Å²) in [6.07, 6.45) is 3.31. The van der Waals surface area contributed by atoms with E-state index in [2.05, 4.69) is 74.0 Å². The number of hydrogen-bond acceptors (Lipinski definition) is 3. The average Bonchev–Trinajstić information content (AvgIpc) is 3.28. The Morgan fingerprint density at radius 3 is 2.29 bits per heavy atom. The van der Waals surface area contributed by atoms with Gasteiger partial charge >= 0.3 is 0 Å². The summed E-state index contributed by atoms with van der Waals surface area (Å²) in [4.78, 5) is 0. The van der Waals surface area contributed by atoms with Crippen molar-refractivity contribution in [3.05, 3.63) is 69.3 Å². The van der Waals surface area contributed by atoms with Crippen molar-refractivity contribution < 1.29 is 18.3 Å². The maximum absolute atomic E-state index is 16.3. The van der Waals surface area contributed by atoms with Gasteiger partial charge in [0.25, 0.3) is 0 Å². The number of rotatable bonds is 8. The Bertz CT molecular complexity index is 1320. The van der Waals surface area contributed by atoms with Crippen molar-refractivity contribution >= 4 is 35.1 Å². The van der Waals surface area contributed by atoms with Crippen LogP contribution in [0.1, 0.15) is 83.6 Å². The zero-order valence-corrected chi connectivity index (χ0v) is 25.6. The summed E-state index contributed by atoms with van der Waals surface area (Å²) in [5.41, 5.74) is 2.93. The average molecular weight is 604 g/mol. The van der Waals surface area contributed by atoms with E-state index in [0.717, 1.165) is 23.7 Å². The summed E-state index contributed by atoms with van der Waals surface area (Å²) in [6, 6.07) is 9.80. The van der Waals surface area contributed by atoms with Gasteiger partial charge in [0.1, 0.15) is 23.8 Å². The fourth-order valence-electron chi connectivity index (χ4n) is 6.71. The molecule has 0 bridgehead atoms. The van der Waals surface area contributed by atoms with Crippen LogP contribution in [0.5, 0.6) is 0 Å². The van der Waals surface area contributed by atoms with E-state index in [4.69, 9.17) is 9.47 Å². The molecule has 2 heterocycles. The first-order chi connectivity index (χ1) is 18.0. The lowest BCUT2D eigenvalue weighted by atomic mass is 9.97. The van der Waals surface area contributed by atoms with Gasteiger partial charge < -0.3 is 13.7 Å². The molecule has 0 aliphatic carbocycles. The fourth-order valence-corrected chi connectivity index (χ4v) is 14.0. The van der Waals surface area contributed by atoms with Crippen molar-refractivity contribution in [1.82, 2.24) is 4.23 Å². The number of nitriles is 1. The highest BCUT2D eigenvalue weighted by molar-refractivity contribution is 9.10. The van der Waals surface area contributed by atoms with Gasteiger partial charge in [-0.3, -0.25) is 0 Å². The Morgan fingerprint density at radius 1 is 1.03 bits per heavy atom. The Balaban J connectivity index is 1.92. The van der Waals surface area contributed by atoms with Gasteiger partial charge in [-0.15, -0.1) is 0 Å². The van der Waals surface area contributed by atoms with Crippen LogP contribution in [0.3, 0.4) is 0 Å². The third-order valence-corrected chi connectivity index (χ3v) is 15.8. The minimum atomic E-state index is -2.12. The van der Waals surface area contributed by atoms with Gasteiger partial charge in [-0.05, 0) is 87.8 Å². The molecule has 1 aliphatic rings. The lowest BCUT2D eigenvalue weighted by Crippen LogP contribution is -2.51. The molecule has 1 aliphatic heterocycles. The molecule has 1 saturated heterocycles. The molecule has 204 valence electrons. The fraction of sp³-hybridized carbons (Fsp3) is 0.500. The number of nitrogens with zero attached hydrogens (tertiary/aromatic N) is 2. The molecule has 2 aromatic carbocycles. The minimum Gasteiger partial charge on any atom is -0.373 e. The maximum Gasteiger partial charge on any atom is 0.169 e. The Hall–Kier alpha value is -2.05. The molecular formula is C30H37BrF2N2O2Si. The van der Waals surface area contributed by atoms with Crippen LogP contribution >= 0.6 is 15.9 Å². The van der Waals surface area contributed by atoms with Crippen molar-refractivity contribution in [2.24, 2.45) is 0 Å². The first-order valence-corrected chi connectivity index (χ1v) is 16.5. The molecule has 0 spiro atoms. The van der Waals surface area contributed by atoms with Crippen LogP contribution in [-0.4, -0.2) is 25.4 Å². The predicted octanol–water partition coefficient (Wildman–Crippen LogP) is 9.21. The molecule has 0 N–H and O–H groups in total. The van der Waals surface area contributed by atoms with Crippen LogP contribution in [0, 0.1) is 23.0 Å². The maximum atomic E-state index is 16.3. The van der Waals surface area contributed by atoms with Crippen molar-refractivity contribution in [2.75, 3.05) is 6.61 Å². The van der Waals surface area contributed by atoms with Gasteiger partial charge in [-0.1, -0.05) is 47.6 Å². The van der Waals surface area contributed by atoms with Crippen LogP contribution in [0.2, 0.25) is 16.6 Å². The predicted molar refractivity (Wildman–Crippen MR) is 154 cm³/mol. The molecule has 3 aromatic rings. The third kappa shape index (κ3) is 4.99. The summed E-state index contributed by atoms with van der Waals surface area (Å²) in [5, 5.41) is 10.3. The molecule has 8 heteroatoms. The first-order valence-electron chi connectivity index (χ1n) is 13.5. The quantitative estimate of drug-likeness (QED) is 0.241. The smallest absolute Gasteiger partial charge is 0.169 e. The zero-order chi connectivity index (χ0) is 27.8. The molecule has 2 atom stereocenters. The van der Waals surface area contributed by atoms with Crippen LogP contribution in [0.25, 0.3) is 10.9 Å². The number of benzene rings is 2. The normalized spacial score (nSPS) is 17.5. The van der Waals surface area contributed by atoms with Gasteiger partial charge in [0.05, 0.1) is 5.56 Å². The highest BCUT2D eigenvalue weighted by Crippen LogP contribution is 2.46. The largest absolute Gasteiger partial charge is 0.373 e. The van der Waals surface area contributed by atoms with Crippen LogP contribution < -0.4 is 0 Å². The Kier molecular flexibility index (Phi) is 8.83. The van der Waals surface area contributed by atoms with Crippen molar-refractivity contribution in [1.29, 1.82) is 5.26 Å². The standard InChI is InChI=1S/C30H37BrF2N2O2Si/c1-18(2)38(19(3)4,20(5)6)35-13-12-23-26(35)16-25(33)28(29(23)31)30(37-27-9-7-8-14-36-27)21-10-11-24(32)22(15-21)17-34/h10-13,15-16,18-20,27,30H,7-9,14H2,1-6H3. The summed E-state index contributed by atoms with van der Waals surface area (Å²) < 4.78 is 45.7. The zero-order valence-electron chi connectivity index (χ0n) is 23.0. The SMILES string of the molecule is CC(C)[Si](C(C)C)(C(C)C)n1ccc2c(Br)c(C(OC3CCCCO3)c3ccc(F)c(C#N)c3)c(F)cc21.